The number of ether oxygens (including phenoxy) is 2. The number of hydrogen-bond donors (Lipinski definition) is 2. The third-order valence-corrected chi connectivity index (χ3v) is 3.39. The van der Waals surface area contributed by atoms with Gasteiger partial charge in [0.25, 0.3) is 0 Å². The maximum Gasteiger partial charge on any atom is 0.237 e. The Morgan fingerprint density at radius 3 is 2.68 bits per heavy atom. The third-order valence-electron chi connectivity index (χ3n) is 3.39. The van der Waals surface area contributed by atoms with E-state index in [0.29, 0.717) is 26.4 Å². The van der Waals surface area contributed by atoms with Gasteiger partial charge in [0.15, 0.2) is 0 Å². The molecule has 5 heteroatoms. The second-order valence-electron chi connectivity index (χ2n) is 5.64. The minimum Gasteiger partial charge on any atom is -0.491 e. The van der Waals surface area contributed by atoms with Gasteiger partial charge in [-0.2, -0.15) is 0 Å². The van der Waals surface area contributed by atoms with Crippen molar-refractivity contribution in [2.24, 2.45) is 11.7 Å². The minimum atomic E-state index is -0.493. The Bertz CT molecular complexity index is 475. The van der Waals surface area contributed by atoms with Crippen LogP contribution in [0.15, 0.2) is 18.2 Å². The standard InChI is InChI=1S/C17H28N2O3/c1-5-21-8-9-22-15-10-13(4)6-7-14(15)11-19-17(20)16(18)12(2)3/h6-7,10,12,16H,5,8-9,11,18H2,1-4H3,(H,19,20)/t16-/m0/s1. The van der Waals surface area contributed by atoms with Crippen molar-refractivity contribution in [3.8, 4) is 5.75 Å². The summed E-state index contributed by atoms with van der Waals surface area (Å²) in [4.78, 5) is 11.9. The molecule has 0 unspecified atom stereocenters. The summed E-state index contributed by atoms with van der Waals surface area (Å²) in [5.41, 5.74) is 7.89. The summed E-state index contributed by atoms with van der Waals surface area (Å²) in [6, 6.07) is 5.44. The van der Waals surface area contributed by atoms with Crippen molar-refractivity contribution in [1.82, 2.24) is 5.32 Å². The summed E-state index contributed by atoms with van der Waals surface area (Å²) in [6.07, 6.45) is 0. The van der Waals surface area contributed by atoms with Crippen LogP contribution in [0, 0.1) is 12.8 Å². The number of hydrogen-bond acceptors (Lipinski definition) is 4. The molecule has 0 heterocycles. The van der Waals surface area contributed by atoms with E-state index in [0.717, 1.165) is 16.9 Å². The summed E-state index contributed by atoms with van der Waals surface area (Å²) in [6.45, 7) is 9.93. The maximum atomic E-state index is 11.9. The van der Waals surface area contributed by atoms with Crippen LogP contribution in [0.25, 0.3) is 0 Å². The van der Waals surface area contributed by atoms with Gasteiger partial charge in [0.05, 0.1) is 12.6 Å². The first-order valence-electron chi connectivity index (χ1n) is 7.79. The molecule has 1 amide bonds. The van der Waals surface area contributed by atoms with Crippen LogP contribution in [0.3, 0.4) is 0 Å². The molecule has 1 atom stereocenters. The summed E-state index contributed by atoms with van der Waals surface area (Å²) >= 11 is 0. The Morgan fingerprint density at radius 2 is 2.05 bits per heavy atom. The summed E-state index contributed by atoms with van der Waals surface area (Å²) < 4.78 is 11.0. The smallest absolute Gasteiger partial charge is 0.237 e. The summed E-state index contributed by atoms with van der Waals surface area (Å²) in [5.74, 6) is 0.744. The Hall–Kier alpha value is -1.59. The highest BCUT2D eigenvalue weighted by atomic mass is 16.5. The van der Waals surface area contributed by atoms with Gasteiger partial charge in [-0.25, -0.2) is 0 Å². The van der Waals surface area contributed by atoms with E-state index in [2.05, 4.69) is 5.32 Å². The predicted molar refractivity (Wildman–Crippen MR) is 87.8 cm³/mol. The molecular formula is C17H28N2O3. The van der Waals surface area contributed by atoms with Crippen molar-refractivity contribution in [1.29, 1.82) is 0 Å². The van der Waals surface area contributed by atoms with Gasteiger partial charge in [0.2, 0.25) is 5.91 Å². The lowest BCUT2D eigenvalue weighted by atomic mass is 10.0. The van der Waals surface area contributed by atoms with Crippen molar-refractivity contribution in [2.75, 3.05) is 19.8 Å². The van der Waals surface area contributed by atoms with Gasteiger partial charge in [0, 0.05) is 18.7 Å². The Balaban J connectivity index is 2.63. The second kappa shape index (κ2) is 9.43. The number of rotatable bonds is 9. The number of aryl methyl sites for hydroxylation is 1. The van der Waals surface area contributed by atoms with Crippen LogP contribution >= 0.6 is 0 Å². The zero-order valence-corrected chi connectivity index (χ0v) is 14.0. The second-order valence-corrected chi connectivity index (χ2v) is 5.64. The molecule has 3 N–H and O–H groups in total. The van der Waals surface area contributed by atoms with E-state index in [1.165, 1.54) is 0 Å². The lowest BCUT2D eigenvalue weighted by Gasteiger charge is -2.17. The number of amides is 1. The molecule has 0 aliphatic heterocycles. The molecule has 0 radical (unpaired) electrons. The molecule has 0 fully saturated rings. The van der Waals surface area contributed by atoms with Crippen LogP contribution in [-0.4, -0.2) is 31.8 Å². The van der Waals surface area contributed by atoms with Gasteiger partial charge in [-0.05, 0) is 31.4 Å². The molecule has 1 aromatic carbocycles. The molecule has 0 spiro atoms. The highest BCUT2D eigenvalue weighted by molar-refractivity contribution is 5.81. The first kappa shape index (κ1) is 18.5. The average Bonchev–Trinajstić information content (AvgIpc) is 2.49. The lowest BCUT2D eigenvalue weighted by Crippen LogP contribution is -2.43. The van der Waals surface area contributed by atoms with Gasteiger partial charge in [-0.15, -0.1) is 0 Å². The average molecular weight is 308 g/mol. The van der Waals surface area contributed by atoms with E-state index >= 15 is 0 Å². The minimum absolute atomic E-state index is 0.111. The summed E-state index contributed by atoms with van der Waals surface area (Å²) in [5, 5.41) is 2.87. The molecule has 1 aromatic rings. The quantitative estimate of drug-likeness (QED) is 0.684. The highest BCUT2D eigenvalue weighted by Gasteiger charge is 2.17. The van der Waals surface area contributed by atoms with Gasteiger partial charge in [-0.3, -0.25) is 4.79 Å². The predicted octanol–water partition coefficient (Wildman–Crippen LogP) is 2.01. The van der Waals surface area contributed by atoms with Crippen LogP contribution in [0.1, 0.15) is 31.9 Å². The molecule has 0 aliphatic carbocycles. The fourth-order valence-electron chi connectivity index (χ4n) is 1.90. The van der Waals surface area contributed by atoms with Crippen LogP contribution < -0.4 is 15.8 Å². The zero-order chi connectivity index (χ0) is 16.5. The van der Waals surface area contributed by atoms with Crippen molar-refractivity contribution in [3.63, 3.8) is 0 Å². The number of benzene rings is 1. The van der Waals surface area contributed by atoms with E-state index < -0.39 is 6.04 Å². The van der Waals surface area contributed by atoms with Crippen LogP contribution in [-0.2, 0) is 16.1 Å². The molecule has 124 valence electrons. The monoisotopic (exact) mass is 308 g/mol. The normalized spacial score (nSPS) is 12.3. The molecular weight excluding hydrogens is 280 g/mol. The molecule has 0 saturated heterocycles. The van der Waals surface area contributed by atoms with Crippen molar-refractivity contribution < 1.29 is 14.3 Å². The molecule has 0 bridgehead atoms. The topological polar surface area (TPSA) is 73.6 Å². The van der Waals surface area contributed by atoms with E-state index in [4.69, 9.17) is 15.2 Å². The van der Waals surface area contributed by atoms with Crippen molar-refractivity contribution in [3.05, 3.63) is 29.3 Å². The van der Waals surface area contributed by atoms with E-state index in [1.54, 1.807) is 0 Å². The zero-order valence-electron chi connectivity index (χ0n) is 14.0. The maximum absolute atomic E-state index is 11.9. The molecule has 1 rings (SSSR count). The first-order valence-corrected chi connectivity index (χ1v) is 7.79. The Morgan fingerprint density at radius 1 is 1.32 bits per heavy atom. The fourth-order valence-corrected chi connectivity index (χ4v) is 1.90. The van der Waals surface area contributed by atoms with Crippen LogP contribution in [0.2, 0.25) is 0 Å². The van der Waals surface area contributed by atoms with Crippen molar-refractivity contribution >= 4 is 5.91 Å². The number of nitrogens with two attached hydrogens (primary N) is 1. The van der Waals surface area contributed by atoms with E-state index in [9.17, 15) is 4.79 Å². The lowest BCUT2D eigenvalue weighted by molar-refractivity contribution is -0.123. The molecule has 22 heavy (non-hydrogen) atoms. The Labute approximate surface area is 133 Å². The number of carbonyl (C=O) groups excluding carboxylic acids is 1. The van der Waals surface area contributed by atoms with E-state index in [-0.39, 0.29) is 11.8 Å². The molecule has 5 nitrogen and oxygen atoms in total. The van der Waals surface area contributed by atoms with E-state index in [1.807, 2.05) is 45.9 Å². The molecule has 0 saturated carbocycles. The number of nitrogens with one attached hydrogen (secondary N) is 1. The Kier molecular flexibility index (Phi) is 7.91. The SMILES string of the molecule is CCOCCOc1cc(C)ccc1CNC(=O)[C@@H](N)C(C)C. The molecule has 0 aromatic heterocycles. The van der Waals surface area contributed by atoms with Crippen molar-refractivity contribution in [2.45, 2.75) is 40.3 Å². The van der Waals surface area contributed by atoms with Crippen LogP contribution in [0.4, 0.5) is 0 Å². The summed E-state index contributed by atoms with van der Waals surface area (Å²) in [7, 11) is 0. The van der Waals surface area contributed by atoms with Gasteiger partial charge in [-0.1, -0.05) is 26.0 Å². The first-order chi connectivity index (χ1) is 10.5. The fraction of sp³-hybridized carbons (Fsp3) is 0.588. The van der Waals surface area contributed by atoms with Gasteiger partial charge < -0.3 is 20.5 Å². The third kappa shape index (κ3) is 6.03. The van der Waals surface area contributed by atoms with Crippen LogP contribution in [0.5, 0.6) is 5.75 Å². The van der Waals surface area contributed by atoms with Gasteiger partial charge >= 0.3 is 0 Å². The molecule has 0 aliphatic rings. The van der Waals surface area contributed by atoms with Gasteiger partial charge in [0.1, 0.15) is 12.4 Å². The largest absolute Gasteiger partial charge is 0.491 e. The number of carbonyl (C=O) groups is 1. The highest BCUT2D eigenvalue weighted by Crippen LogP contribution is 2.20.